The maximum atomic E-state index is 12.2. The Morgan fingerprint density at radius 3 is 2.80 bits per heavy atom. The largest absolute Gasteiger partial charge is 0.417 e. The van der Waals surface area contributed by atoms with Gasteiger partial charge in [-0.1, -0.05) is 0 Å². The summed E-state index contributed by atoms with van der Waals surface area (Å²) in [6, 6.07) is 5.37. The number of hydrogen-bond acceptors (Lipinski definition) is 4. The van der Waals surface area contributed by atoms with Gasteiger partial charge in [0.2, 0.25) is 0 Å². The second-order valence-corrected chi connectivity index (χ2v) is 5.31. The van der Waals surface area contributed by atoms with Crippen molar-refractivity contribution < 1.29 is 9.21 Å². The summed E-state index contributed by atoms with van der Waals surface area (Å²) >= 11 is 0. The molecule has 1 aliphatic rings. The van der Waals surface area contributed by atoms with Crippen molar-refractivity contribution in [3.05, 3.63) is 34.3 Å². The minimum atomic E-state index is -0.515. The van der Waals surface area contributed by atoms with E-state index in [0.717, 1.165) is 25.7 Å². The number of nitrogens with one attached hydrogen (secondary N) is 2. The third kappa shape index (κ3) is 2.60. The van der Waals surface area contributed by atoms with Crippen LogP contribution in [-0.2, 0) is 0 Å². The Kier molecular flexibility index (Phi) is 3.31. The van der Waals surface area contributed by atoms with Gasteiger partial charge >= 0.3 is 5.76 Å². The lowest BCUT2D eigenvalue weighted by Gasteiger charge is -2.26. The number of hydrogen-bond donors (Lipinski definition) is 3. The Bertz CT molecular complexity index is 680. The van der Waals surface area contributed by atoms with Crippen LogP contribution in [0.2, 0.25) is 0 Å². The Morgan fingerprint density at radius 2 is 2.05 bits per heavy atom. The number of aromatic amines is 1. The Hall–Kier alpha value is -2.08. The van der Waals surface area contributed by atoms with Crippen molar-refractivity contribution in [1.29, 1.82) is 0 Å². The molecule has 2 aromatic rings. The van der Waals surface area contributed by atoms with Crippen LogP contribution in [0.1, 0.15) is 36.0 Å². The van der Waals surface area contributed by atoms with Gasteiger partial charge in [0, 0.05) is 17.6 Å². The summed E-state index contributed by atoms with van der Waals surface area (Å²) in [4.78, 5) is 25.8. The van der Waals surface area contributed by atoms with Crippen LogP contribution in [0.3, 0.4) is 0 Å². The Morgan fingerprint density at radius 1 is 1.30 bits per heavy atom. The van der Waals surface area contributed by atoms with Crippen molar-refractivity contribution in [2.75, 3.05) is 0 Å². The third-order valence-corrected chi connectivity index (χ3v) is 3.79. The highest BCUT2D eigenvalue weighted by molar-refractivity contribution is 5.97. The second-order valence-electron chi connectivity index (χ2n) is 5.31. The summed E-state index contributed by atoms with van der Waals surface area (Å²) in [6.45, 7) is 0. The molecule has 0 atom stereocenters. The SMILES string of the molecule is NC1CCC(NC(=O)c2ccc3[nH]c(=O)oc3c2)CC1. The van der Waals surface area contributed by atoms with Gasteiger partial charge in [-0.3, -0.25) is 9.78 Å². The van der Waals surface area contributed by atoms with Gasteiger partial charge in [-0.05, 0) is 43.9 Å². The highest BCUT2D eigenvalue weighted by atomic mass is 16.4. The summed E-state index contributed by atoms with van der Waals surface area (Å²) < 4.78 is 4.96. The van der Waals surface area contributed by atoms with Gasteiger partial charge in [0.25, 0.3) is 5.91 Å². The van der Waals surface area contributed by atoms with E-state index in [0.29, 0.717) is 16.7 Å². The third-order valence-electron chi connectivity index (χ3n) is 3.79. The maximum Gasteiger partial charge on any atom is 0.417 e. The molecule has 1 saturated carbocycles. The number of aromatic nitrogens is 1. The lowest BCUT2D eigenvalue weighted by atomic mass is 9.91. The predicted octanol–water partition coefficient (Wildman–Crippen LogP) is 1.12. The number of H-pyrrole nitrogens is 1. The topological polar surface area (TPSA) is 101 Å². The van der Waals surface area contributed by atoms with Crippen molar-refractivity contribution in [3.63, 3.8) is 0 Å². The van der Waals surface area contributed by atoms with Crippen molar-refractivity contribution >= 4 is 17.0 Å². The summed E-state index contributed by atoms with van der Waals surface area (Å²) in [6.07, 6.45) is 3.70. The lowest BCUT2D eigenvalue weighted by Crippen LogP contribution is -2.40. The minimum absolute atomic E-state index is 0.142. The molecule has 6 heteroatoms. The van der Waals surface area contributed by atoms with E-state index in [9.17, 15) is 9.59 Å². The van der Waals surface area contributed by atoms with E-state index in [1.807, 2.05) is 0 Å². The molecule has 1 aromatic carbocycles. The molecule has 4 N–H and O–H groups in total. The number of benzene rings is 1. The normalized spacial score (nSPS) is 22.9. The zero-order valence-electron chi connectivity index (χ0n) is 11.0. The monoisotopic (exact) mass is 275 g/mol. The van der Waals surface area contributed by atoms with E-state index in [4.69, 9.17) is 10.2 Å². The molecule has 0 spiro atoms. The van der Waals surface area contributed by atoms with E-state index in [1.54, 1.807) is 18.2 Å². The fraction of sp³-hybridized carbons (Fsp3) is 0.429. The molecule has 0 radical (unpaired) electrons. The molecular formula is C14H17N3O3. The van der Waals surface area contributed by atoms with Crippen LogP contribution in [0.15, 0.2) is 27.4 Å². The van der Waals surface area contributed by atoms with E-state index >= 15 is 0 Å². The second kappa shape index (κ2) is 5.13. The standard InChI is InChI=1S/C14H17N3O3/c15-9-2-4-10(5-3-9)16-13(18)8-1-6-11-12(7-8)20-14(19)17-11/h1,6-7,9-10H,2-5,15H2,(H,16,18)(H,17,19). The van der Waals surface area contributed by atoms with E-state index < -0.39 is 5.76 Å². The smallest absolute Gasteiger partial charge is 0.408 e. The van der Waals surface area contributed by atoms with Crippen LogP contribution < -0.4 is 16.8 Å². The lowest BCUT2D eigenvalue weighted by molar-refractivity contribution is 0.0926. The molecule has 20 heavy (non-hydrogen) atoms. The molecule has 3 rings (SSSR count). The number of rotatable bonds is 2. The van der Waals surface area contributed by atoms with Gasteiger partial charge in [0.05, 0.1) is 5.52 Å². The van der Waals surface area contributed by atoms with Crippen molar-refractivity contribution in [2.45, 2.75) is 37.8 Å². The first-order valence-corrected chi connectivity index (χ1v) is 6.81. The molecule has 106 valence electrons. The average molecular weight is 275 g/mol. The van der Waals surface area contributed by atoms with Gasteiger partial charge in [-0.15, -0.1) is 0 Å². The van der Waals surface area contributed by atoms with Gasteiger partial charge < -0.3 is 15.5 Å². The quantitative estimate of drug-likeness (QED) is 0.764. The number of oxazole rings is 1. The minimum Gasteiger partial charge on any atom is -0.408 e. The van der Waals surface area contributed by atoms with E-state index in [-0.39, 0.29) is 18.0 Å². The van der Waals surface area contributed by atoms with Crippen LogP contribution in [-0.4, -0.2) is 23.0 Å². The predicted molar refractivity (Wildman–Crippen MR) is 74.5 cm³/mol. The van der Waals surface area contributed by atoms with Crippen LogP contribution in [0.4, 0.5) is 0 Å². The molecule has 0 unspecified atom stereocenters. The molecular weight excluding hydrogens is 258 g/mol. The molecule has 0 bridgehead atoms. The van der Waals surface area contributed by atoms with Crippen molar-refractivity contribution in [3.8, 4) is 0 Å². The molecule has 1 fully saturated rings. The molecule has 1 heterocycles. The summed E-state index contributed by atoms with van der Waals surface area (Å²) in [5.74, 6) is -0.657. The first kappa shape index (κ1) is 12.9. The van der Waals surface area contributed by atoms with Crippen molar-refractivity contribution in [1.82, 2.24) is 10.3 Å². The summed E-state index contributed by atoms with van der Waals surface area (Å²) in [5.41, 5.74) is 7.33. The first-order chi connectivity index (χ1) is 9.61. The number of amides is 1. The van der Waals surface area contributed by atoms with Gasteiger partial charge in [-0.2, -0.15) is 0 Å². The van der Waals surface area contributed by atoms with E-state index in [2.05, 4.69) is 10.3 Å². The molecule has 0 aliphatic heterocycles. The summed E-state index contributed by atoms with van der Waals surface area (Å²) in [7, 11) is 0. The zero-order chi connectivity index (χ0) is 14.1. The highest BCUT2D eigenvalue weighted by Crippen LogP contribution is 2.18. The van der Waals surface area contributed by atoms with Crippen LogP contribution >= 0.6 is 0 Å². The number of carbonyl (C=O) groups excluding carboxylic acids is 1. The van der Waals surface area contributed by atoms with Crippen LogP contribution in [0.5, 0.6) is 0 Å². The fourth-order valence-corrected chi connectivity index (χ4v) is 2.62. The molecule has 6 nitrogen and oxygen atoms in total. The molecule has 0 saturated heterocycles. The number of carbonyl (C=O) groups is 1. The number of fused-ring (bicyclic) bond motifs is 1. The first-order valence-electron chi connectivity index (χ1n) is 6.81. The highest BCUT2D eigenvalue weighted by Gasteiger charge is 2.20. The van der Waals surface area contributed by atoms with Crippen LogP contribution in [0, 0.1) is 0 Å². The molecule has 1 aliphatic carbocycles. The van der Waals surface area contributed by atoms with Crippen LogP contribution in [0.25, 0.3) is 11.1 Å². The average Bonchev–Trinajstić information content (AvgIpc) is 2.80. The molecule has 1 amide bonds. The van der Waals surface area contributed by atoms with E-state index in [1.165, 1.54) is 0 Å². The zero-order valence-corrected chi connectivity index (χ0v) is 11.0. The summed E-state index contributed by atoms with van der Waals surface area (Å²) in [5, 5.41) is 3.00. The van der Waals surface area contributed by atoms with Gasteiger partial charge in [0.1, 0.15) is 0 Å². The van der Waals surface area contributed by atoms with Crippen molar-refractivity contribution in [2.24, 2.45) is 5.73 Å². The Balaban J connectivity index is 1.73. The fourth-order valence-electron chi connectivity index (χ4n) is 2.62. The van der Waals surface area contributed by atoms with Gasteiger partial charge in [0.15, 0.2) is 5.58 Å². The number of nitrogens with two attached hydrogens (primary N) is 1. The molecule has 1 aromatic heterocycles. The Labute approximate surface area is 115 Å². The maximum absolute atomic E-state index is 12.2. The van der Waals surface area contributed by atoms with Gasteiger partial charge in [-0.25, -0.2) is 4.79 Å².